The van der Waals surface area contributed by atoms with E-state index < -0.39 is 0 Å². The molecule has 1 saturated heterocycles. The van der Waals surface area contributed by atoms with Crippen molar-refractivity contribution >= 4 is 5.91 Å². The summed E-state index contributed by atoms with van der Waals surface area (Å²) >= 11 is 0. The zero-order valence-electron chi connectivity index (χ0n) is 10.5. The van der Waals surface area contributed by atoms with Crippen LogP contribution in [0.4, 0.5) is 0 Å². The third kappa shape index (κ3) is 3.46. The number of carbonyl (C=O) groups excluding carboxylic acids is 1. The van der Waals surface area contributed by atoms with Crippen LogP contribution in [0.2, 0.25) is 0 Å². The van der Waals surface area contributed by atoms with Gasteiger partial charge >= 0.3 is 0 Å². The maximum Gasteiger partial charge on any atom is 0.222 e. The lowest BCUT2D eigenvalue weighted by molar-refractivity contribution is -0.123. The SMILES string of the molecule is CCC(CC)(CN)NC(=O)CC1CCCN1. The zero-order chi connectivity index (χ0) is 12.0. The lowest BCUT2D eigenvalue weighted by atomic mass is 9.92. The second-order valence-electron chi connectivity index (χ2n) is 4.74. The summed E-state index contributed by atoms with van der Waals surface area (Å²) in [6.45, 7) is 5.71. The van der Waals surface area contributed by atoms with Crippen LogP contribution in [-0.4, -0.2) is 30.6 Å². The van der Waals surface area contributed by atoms with Gasteiger partial charge in [0.25, 0.3) is 0 Å². The molecule has 16 heavy (non-hydrogen) atoms. The van der Waals surface area contributed by atoms with E-state index in [1.54, 1.807) is 0 Å². The number of carbonyl (C=O) groups is 1. The van der Waals surface area contributed by atoms with E-state index in [1.807, 2.05) is 0 Å². The van der Waals surface area contributed by atoms with Crippen LogP contribution in [0.25, 0.3) is 0 Å². The normalized spacial score (nSPS) is 21.1. The fraction of sp³-hybridized carbons (Fsp3) is 0.917. The van der Waals surface area contributed by atoms with E-state index in [9.17, 15) is 4.79 Å². The summed E-state index contributed by atoms with van der Waals surface area (Å²) in [5.41, 5.74) is 5.56. The molecule has 1 aliphatic rings. The summed E-state index contributed by atoms with van der Waals surface area (Å²) in [5.74, 6) is 0.133. The Morgan fingerprint density at radius 2 is 2.19 bits per heavy atom. The van der Waals surface area contributed by atoms with Crippen LogP contribution in [-0.2, 0) is 4.79 Å². The van der Waals surface area contributed by atoms with Gasteiger partial charge in [0, 0.05) is 19.0 Å². The highest BCUT2D eigenvalue weighted by Crippen LogP contribution is 2.15. The van der Waals surface area contributed by atoms with Gasteiger partial charge in [-0.05, 0) is 32.2 Å². The highest BCUT2D eigenvalue weighted by atomic mass is 16.1. The third-order valence-corrected chi connectivity index (χ3v) is 3.74. The number of hydrogen-bond donors (Lipinski definition) is 3. The Labute approximate surface area is 98.3 Å². The Morgan fingerprint density at radius 1 is 1.50 bits per heavy atom. The van der Waals surface area contributed by atoms with Gasteiger partial charge in [-0.1, -0.05) is 13.8 Å². The monoisotopic (exact) mass is 227 g/mol. The molecule has 4 nitrogen and oxygen atoms in total. The summed E-state index contributed by atoms with van der Waals surface area (Å²) in [6.07, 6.45) is 4.66. The van der Waals surface area contributed by atoms with E-state index in [0.29, 0.717) is 19.0 Å². The van der Waals surface area contributed by atoms with E-state index >= 15 is 0 Å². The van der Waals surface area contributed by atoms with Crippen molar-refractivity contribution < 1.29 is 4.79 Å². The standard InChI is InChI=1S/C12H25N3O/c1-3-12(4-2,9-13)15-11(16)8-10-6-5-7-14-10/h10,14H,3-9,13H2,1-2H3,(H,15,16). The molecule has 1 atom stereocenters. The van der Waals surface area contributed by atoms with Gasteiger partial charge in [0.2, 0.25) is 5.91 Å². The van der Waals surface area contributed by atoms with Crippen molar-refractivity contribution in [1.82, 2.24) is 10.6 Å². The molecule has 1 aliphatic heterocycles. The van der Waals surface area contributed by atoms with Crippen LogP contribution in [0.1, 0.15) is 46.0 Å². The van der Waals surface area contributed by atoms with Crippen molar-refractivity contribution in [2.45, 2.75) is 57.5 Å². The maximum absolute atomic E-state index is 11.9. The number of rotatable bonds is 6. The first-order chi connectivity index (χ1) is 7.65. The molecule has 0 saturated carbocycles. The van der Waals surface area contributed by atoms with Crippen LogP contribution in [0.3, 0.4) is 0 Å². The van der Waals surface area contributed by atoms with Gasteiger partial charge in [-0.25, -0.2) is 0 Å². The minimum Gasteiger partial charge on any atom is -0.349 e. The maximum atomic E-state index is 11.9. The largest absolute Gasteiger partial charge is 0.349 e. The first-order valence-electron chi connectivity index (χ1n) is 6.40. The highest BCUT2D eigenvalue weighted by Gasteiger charge is 2.27. The molecule has 4 N–H and O–H groups in total. The van der Waals surface area contributed by atoms with Crippen molar-refractivity contribution in [3.8, 4) is 0 Å². The summed E-state index contributed by atoms with van der Waals surface area (Å²) < 4.78 is 0. The molecule has 1 amide bonds. The topological polar surface area (TPSA) is 67.1 Å². The predicted octanol–water partition coefficient (Wildman–Crippen LogP) is 0.762. The van der Waals surface area contributed by atoms with E-state index in [2.05, 4.69) is 24.5 Å². The Kier molecular flexibility index (Phi) is 5.22. The fourth-order valence-corrected chi connectivity index (χ4v) is 2.27. The van der Waals surface area contributed by atoms with Crippen molar-refractivity contribution in [2.75, 3.05) is 13.1 Å². The molecule has 1 rings (SSSR count). The first kappa shape index (κ1) is 13.5. The van der Waals surface area contributed by atoms with Crippen LogP contribution in [0.15, 0.2) is 0 Å². The molecule has 94 valence electrons. The summed E-state index contributed by atoms with van der Waals surface area (Å²) in [4.78, 5) is 11.9. The van der Waals surface area contributed by atoms with Gasteiger partial charge in [-0.2, -0.15) is 0 Å². The smallest absolute Gasteiger partial charge is 0.222 e. The van der Waals surface area contributed by atoms with Gasteiger partial charge in [-0.3, -0.25) is 4.79 Å². The molecule has 0 aromatic carbocycles. The quantitative estimate of drug-likeness (QED) is 0.627. The Morgan fingerprint density at radius 3 is 2.62 bits per heavy atom. The minimum absolute atomic E-state index is 0.133. The molecule has 1 fully saturated rings. The average molecular weight is 227 g/mol. The summed E-state index contributed by atoms with van der Waals surface area (Å²) in [6, 6.07) is 0.365. The van der Waals surface area contributed by atoms with Crippen LogP contribution >= 0.6 is 0 Å². The van der Waals surface area contributed by atoms with E-state index in [1.165, 1.54) is 6.42 Å². The summed E-state index contributed by atoms with van der Waals surface area (Å²) in [7, 11) is 0. The molecule has 4 heteroatoms. The van der Waals surface area contributed by atoms with Gasteiger partial charge in [0.15, 0.2) is 0 Å². The highest BCUT2D eigenvalue weighted by molar-refractivity contribution is 5.77. The minimum atomic E-state index is -0.199. The van der Waals surface area contributed by atoms with E-state index in [4.69, 9.17) is 5.73 Å². The summed E-state index contributed by atoms with van der Waals surface area (Å²) in [5, 5.41) is 6.44. The van der Waals surface area contributed by atoms with Crippen molar-refractivity contribution in [2.24, 2.45) is 5.73 Å². The molecule has 1 unspecified atom stereocenters. The molecule has 0 radical (unpaired) electrons. The number of nitrogens with one attached hydrogen (secondary N) is 2. The van der Waals surface area contributed by atoms with Crippen molar-refractivity contribution in [3.05, 3.63) is 0 Å². The van der Waals surface area contributed by atoms with E-state index in [0.717, 1.165) is 25.8 Å². The first-order valence-corrected chi connectivity index (χ1v) is 6.40. The Bertz CT molecular complexity index is 212. The Hall–Kier alpha value is -0.610. The predicted molar refractivity (Wildman–Crippen MR) is 66.2 cm³/mol. The van der Waals surface area contributed by atoms with Crippen LogP contribution in [0.5, 0.6) is 0 Å². The molecule has 0 bridgehead atoms. The van der Waals surface area contributed by atoms with Crippen LogP contribution < -0.4 is 16.4 Å². The van der Waals surface area contributed by atoms with Crippen molar-refractivity contribution in [1.29, 1.82) is 0 Å². The lowest BCUT2D eigenvalue weighted by Crippen LogP contribution is -2.53. The molecule has 0 spiro atoms. The van der Waals surface area contributed by atoms with Gasteiger partial charge in [0.1, 0.15) is 0 Å². The molecular formula is C12H25N3O. The second-order valence-corrected chi connectivity index (χ2v) is 4.74. The molecule has 0 aliphatic carbocycles. The van der Waals surface area contributed by atoms with Gasteiger partial charge < -0.3 is 16.4 Å². The average Bonchev–Trinajstić information content (AvgIpc) is 2.79. The fourth-order valence-electron chi connectivity index (χ4n) is 2.27. The number of amides is 1. The third-order valence-electron chi connectivity index (χ3n) is 3.74. The van der Waals surface area contributed by atoms with Gasteiger partial charge in [-0.15, -0.1) is 0 Å². The zero-order valence-corrected chi connectivity index (χ0v) is 10.5. The molecule has 1 heterocycles. The van der Waals surface area contributed by atoms with Crippen molar-refractivity contribution in [3.63, 3.8) is 0 Å². The second kappa shape index (κ2) is 6.21. The van der Waals surface area contributed by atoms with Crippen LogP contribution in [0, 0.1) is 0 Å². The lowest BCUT2D eigenvalue weighted by Gasteiger charge is -2.32. The molecule has 0 aromatic rings. The molecule has 0 aromatic heterocycles. The van der Waals surface area contributed by atoms with Gasteiger partial charge in [0.05, 0.1) is 5.54 Å². The number of nitrogens with two attached hydrogens (primary N) is 1. The Balaban J connectivity index is 2.41. The van der Waals surface area contributed by atoms with E-state index in [-0.39, 0.29) is 11.4 Å². The number of hydrogen-bond acceptors (Lipinski definition) is 3. The molecular weight excluding hydrogens is 202 g/mol.